The summed E-state index contributed by atoms with van der Waals surface area (Å²) >= 11 is 1.85. The molecule has 90 valence electrons. The molecule has 0 bridgehead atoms. The number of aromatic nitrogens is 2. The molecule has 1 aliphatic rings. The number of rotatable bonds is 5. The molecule has 1 aliphatic carbocycles. The zero-order valence-corrected chi connectivity index (χ0v) is 10.8. The fourth-order valence-corrected chi connectivity index (χ4v) is 3.06. The molecule has 0 radical (unpaired) electrons. The number of hydrogen-bond donors (Lipinski definition) is 2. The Labute approximate surface area is 105 Å². The third-order valence-electron chi connectivity index (χ3n) is 3.39. The molecule has 2 aromatic rings. The van der Waals surface area contributed by atoms with Gasteiger partial charge in [0, 0.05) is 28.7 Å². The van der Waals surface area contributed by atoms with Crippen molar-refractivity contribution >= 4 is 11.3 Å². The Balaban J connectivity index is 1.68. The highest BCUT2D eigenvalue weighted by Crippen LogP contribution is 2.42. The Morgan fingerprint density at radius 2 is 2.47 bits per heavy atom. The molecule has 1 atom stereocenters. The van der Waals surface area contributed by atoms with Crippen LogP contribution in [0.25, 0.3) is 0 Å². The van der Waals surface area contributed by atoms with Crippen LogP contribution in [0.4, 0.5) is 0 Å². The van der Waals surface area contributed by atoms with Crippen molar-refractivity contribution in [1.82, 2.24) is 15.5 Å². The average molecular weight is 247 g/mol. The lowest BCUT2D eigenvalue weighted by Gasteiger charge is -2.16. The first-order valence-electron chi connectivity index (χ1n) is 6.10. The van der Waals surface area contributed by atoms with Crippen molar-refractivity contribution in [2.45, 2.75) is 32.4 Å². The Morgan fingerprint density at radius 3 is 3.06 bits per heavy atom. The van der Waals surface area contributed by atoms with E-state index in [0.717, 1.165) is 12.5 Å². The maximum atomic E-state index is 4.06. The molecule has 4 heteroatoms. The third kappa shape index (κ3) is 2.42. The lowest BCUT2D eigenvalue weighted by Crippen LogP contribution is -2.21. The van der Waals surface area contributed by atoms with E-state index >= 15 is 0 Å². The molecule has 0 aromatic carbocycles. The Hall–Kier alpha value is -1.13. The van der Waals surface area contributed by atoms with Gasteiger partial charge in [-0.2, -0.15) is 5.10 Å². The largest absolute Gasteiger partial charge is 0.305 e. The van der Waals surface area contributed by atoms with E-state index in [4.69, 9.17) is 0 Å². The van der Waals surface area contributed by atoms with Crippen molar-refractivity contribution < 1.29 is 0 Å². The predicted octanol–water partition coefficient (Wildman–Crippen LogP) is 3.02. The molecule has 0 spiro atoms. The summed E-state index contributed by atoms with van der Waals surface area (Å²) in [6, 6.07) is 4.91. The van der Waals surface area contributed by atoms with Gasteiger partial charge in [0.15, 0.2) is 0 Å². The summed E-state index contributed by atoms with van der Waals surface area (Å²) in [6.07, 6.45) is 4.64. The number of hydrogen-bond acceptors (Lipinski definition) is 3. The monoisotopic (exact) mass is 247 g/mol. The summed E-state index contributed by atoms with van der Waals surface area (Å²) < 4.78 is 0. The van der Waals surface area contributed by atoms with Gasteiger partial charge in [0.1, 0.15) is 0 Å². The second kappa shape index (κ2) is 4.63. The number of nitrogens with zero attached hydrogens (tertiary/aromatic N) is 1. The summed E-state index contributed by atoms with van der Waals surface area (Å²) in [5.74, 6) is 0.834. The first-order valence-corrected chi connectivity index (χ1v) is 6.98. The summed E-state index contributed by atoms with van der Waals surface area (Å²) in [5.41, 5.74) is 2.44. The smallest absolute Gasteiger partial charge is 0.0535 e. The van der Waals surface area contributed by atoms with E-state index in [1.54, 1.807) is 0 Å². The van der Waals surface area contributed by atoms with Gasteiger partial charge in [-0.25, -0.2) is 0 Å². The number of nitrogens with one attached hydrogen (secondary N) is 2. The minimum atomic E-state index is 0.532. The van der Waals surface area contributed by atoms with Crippen LogP contribution in [0.2, 0.25) is 0 Å². The average Bonchev–Trinajstić information content (AvgIpc) is 2.86. The minimum Gasteiger partial charge on any atom is -0.305 e. The lowest BCUT2D eigenvalue weighted by atomic mass is 10.1. The lowest BCUT2D eigenvalue weighted by molar-refractivity contribution is 0.487. The number of H-pyrrole nitrogens is 1. The van der Waals surface area contributed by atoms with Gasteiger partial charge in [-0.1, -0.05) is 6.07 Å². The van der Waals surface area contributed by atoms with Crippen LogP contribution < -0.4 is 5.32 Å². The standard InChI is InChI=1S/C13H17N3S/c1-9-11(8-15-16-9)7-14-13(10-4-5-10)12-3-2-6-17-12/h2-3,6,8,10,13-14H,4-5,7H2,1H3,(H,15,16). The van der Waals surface area contributed by atoms with Crippen molar-refractivity contribution in [3.05, 3.63) is 39.8 Å². The number of thiophene rings is 1. The van der Waals surface area contributed by atoms with Crippen LogP contribution in [-0.2, 0) is 6.54 Å². The highest BCUT2D eigenvalue weighted by Gasteiger charge is 2.32. The van der Waals surface area contributed by atoms with Crippen molar-refractivity contribution in [2.75, 3.05) is 0 Å². The van der Waals surface area contributed by atoms with E-state index in [1.807, 2.05) is 17.5 Å². The van der Waals surface area contributed by atoms with Crippen LogP contribution in [0.5, 0.6) is 0 Å². The summed E-state index contributed by atoms with van der Waals surface area (Å²) in [7, 11) is 0. The molecule has 1 unspecified atom stereocenters. The SMILES string of the molecule is Cc1[nH]ncc1CNC(c1cccs1)C1CC1. The molecule has 2 aromatic heterocycles. The van der Waals surface area contributed by atoms with E-state index in [2.05, 4.69) is 40.0 Å². The van der Waals surface area contributed by atoms with Gasteiger partial charge in [0.25, 0.3) is 0 Å². The van der Waals surface area contributed by atoms with E-state index in [1.165, 1.54) is 29.0 Å². The highest BCUT2D eigenvalue weighted by atomic mass is 32.1. The van der Waals surface area contributed by atoms with Crippen molar-refractivity contribution in [2.24, 2.45) is 5.92 Å². The Morgan fingerprint density at radius 1 is 1.59 bits per heavy atom. The fourth-order valence-electron chi connectivity index (χ4n) is 2.17. The minimum absolute atomic E-state index is 0.532. The van der Waals surface area contributed by atoms with Gasteiger partial charge in [0.2, 0.25) is 0 Å². The molecule has 1 saturated carbocycles. The normalized spacial score (nSPS) is 17.2. The molecular formula is C13H17N3S. The highest BCUT2D eigenvalue weighted by molar-refractivity contribution is 7.10. The molecular weight excluding hydrogens is 230 g/mol. The van der Waals surface area contributed by atoms with Crippen molar-refractivity contribution in [3.63, 3.8) is 0 Å². The maximum Gasteiger partial charge on any atom is 0.0535 e. The van der Waals surface area contributed by atoms with Gasteiger partial charge in [-0.3, -0.25) is 5.10 Å². The molecule has 0 amide bonds. The Kier molecular flexibility index (Phi) is 2.99. The van der Waals surface area contributed by atoms with Crippen LogP contribution in [0.15, 0.2) is 23.7 Å². The van der Waals surface area contributed by atoms with Crippen LogP contribution >= 0.6 is 11.3 Å². The first-order chi connectivity index (χ1) is 8.34. The zero-order chi connectivity index (χ0) is 11.7. The second-order valence-corrected chi connectivity index (χ2v) is 5.71. The summed E-state index contributed by atoms with van der Waals surface area (Å²) in [4.78, 5) is 1.47. The molecule has 3 nitrogen and oxygen atoms in total. The third-order valence-corrected chi connectivity index (χ3v) is 4.35. The number of aromatic amines is 1. The van der Waals surface area contributed by atoms with E-state index in [9.17, 15) is 0 Å². The number of aryl methyl sites for hydroxylation is 1. The quantitative estimate of drug-likeness (QED) is 0.852. The summed E-state index contributed by atoms with van der Waals surface area (Å²) in [5, 5.41) is 12.9. The topological polar surface area (TPSA) is 40.7 Å². The molecule has 3 rings (SSSR count). The van der Waals surface area contributed by atoms with Gasteiger partial charge < -0.3 is 5.32 Å². The van der Waals surface area contributed by atoms with Crippen molar-refractivity contribution in [1.29, 1.82) is 0 Å². The molecule has 17 heavy (non-hydrogen) atoms. The van der Waals surface area contributed by atoms with Crippen molar-refractivity contribution in [3.8, 4) is 0 Å². The summed E-state index contributed by atoms with van der Waals surface area (Å²) in [6.45, 7) is 2.97. The molecule has 1 fully saturated rings. The van der Waals surface area contributed by atoms with E-state index < -0.39 is 0 Å². The molecule has 0 aliphatic heterocycles. The molecule has 2 heterocycles. The van der Waals surface area contributed by atoms with Crippen LogP contribution in [0.1, 0.15) is 35.0 Å². The van der Waals surface area contributed by atoms with Gasteiger partial charge in [-0.05, 0) is 37.1 Å². The Bertz CT molecular complexity index is 471. The van der Waals surface area contributed by atoms with Crippen LogP contribution in [0, 0.1) is 12.8 Å². The van der Waals surface area contributed by atoms with Crippen LogP contribution in [0.3, 0.4) is 0 Å². The molecule has 0 saturated heterocycles. The predicted molar refractivity (Wildman–Crippen MR) is 69.9 cm³/mol. The second-order valence-electron chi connectivity index (χ2n) is 4.73. The van der Waals surface area contributed by atoms with E-state index in [0.29, 0.717) is 6.04 Å². The van der Waals surface area contributed by atoms with Gasteiger partial charge >= 0.3 is 0 Å². The van der Waals surface area contributed by atoms with Crippen LogP contribution in [-0.4, -0.2) is 10.2 Å². The van der Waals surface area contributed by atoms with Gasteiger partial charge in [0.05, 0.1) is 6.20 Å². The van der Waals surface area contributed by atoms with E-state index in [-0.39, 0.29) is 0 Å². The molecule has 2 N–H and O–H groups in total. The zero-order valence-electron chi connectivity index (χ0n) is 9.94. The maximum absolute atomic E-state index is 4.06. The first kappa shape index (κ1) is 11.0. The van der Waals surface area contributed by atoms with Gasteiger partial charge in [-0.15, -0.1) is 11.3 Å². The fraction of sp³-hybridized carbons (Fsp3) is 0.462.